The number of phenolic OH excluding ortho intramolecular Hbond substituents is 1. The summed E-state index contributed by atoms with van der Waals surface area (Å²) >= 11 is 0. The summed E-state index contributed by atoms with van der Waals surface area (Å²) in [5, 5.41) is 15.7. The Morgan fingerprint density at radius 3 is 2.83 bits per heavy atom. The molecule has 1 unspecified atom stereocenters. The number of benzene rings is 1. The zero-order valence-corrected chi connectivity index (χ0v) is 10.6. The quantitative estimate of drug-likeness (QED) is 0.761. The van der Waals surface area contributed by atoms with Crippen LogP contribution in [0.2, 0.25) is 0 Å². The van der Waals surface area contributed by atoms with Crippen LogP contribution in [0.1, 0.15) is 31.4 Å². The maximum absolute atomic E-state index is 12.1. The first-order valence-corrected chi connectivity index (χ1v) is 6.47. The van der Waals surface area contributed by atoms with Crippen LogP contribution in [0.25, 0.3) is 0 Å². The summed E-state index contributed by atoms with van der Waals surface area (Å²) in [6.07, 6.45) is 1.80. The lowest BCUT2D eigenvalue weighted by Crippen LogP contribution is -2.39. The average molecular weight is 248 g/mol. The van der Waals surface area contributed by atoms with Gasteiger partial charge in [0.05, 0.1) is 6.04 Å². The number of carbonyl (C=O) groups excluding carboxylic acids is 1. The molecule has 98 valence electrons. The second-order valence-corrected chi connectivity index (χ2v) is 4.85. The van der Waals surface area contributed by atoms with E-state index in [2.05, 4.69) is 10.6 Å². The van der Waals surface area contributed by atoms with Crippen LogP contribution < -0.4 is 10.6 Å². The molecule has 4 heteroatoms. The lowest BCUT2D eigenvalue weighted by Gasteiger charge is -2.24. The lowest BCUT2D eigenvalue weighted by molar-refractivity contribution is -0.126. The van der Waals surface area contributed by atoms with Gasteiger partial charge in [-0.15, -0.1) is 0 Å². The van der Waals surface area contributed by atoms with E-state index in [1.165, 1.54) is 0 Å². The first-order chi connectivity index (χ1) is 8.66. The van der Waals surface area contributed by atoms with Crippen LogP contribution in [0.15, 0.2) is 24.3 Å². The summed E-state index contributed by atoms with van der Waals surface area (Å²) in [5.41, 5.74) is 0.928. The van der Waals surface area contributed by atoms with Gasteiger partial charge in [0.15, 0.2) is 0 Å². The molecule has 1 aromatic carbocycles. The number of piperidine rings is 1. The molecule has 1 fully saturated rings. The van der Waals surface area contributed by atoms with Crippen molar-refractivity contribution in [1.82, 2.24) is 10.6 Å². The topological polar surface area (TPSA) is 61.4 Å². The molecule has 1 aliphatic heterocycles. The van der Waals surface area contributed by atoms with E-state index in [1.54, 1.807) is 18.2 Å². The highest BCUT2D eigenvalue weighted by atomic mass is 16.3. The van der Waals surface area contributed by atoms with Gasteiger partial charge in [0.25, 0.3) is 0 Å². The Morgan fingerprint density at radius 2 is 2.17 bits per heavy atom. The van der Waals surface area contributed by atoms with Gasteiger partial charge in [0.2, 0.25) is 5.91 Å². The molecule has 1 aliphatic rings. The molecule has 0 aliphatic carbocycles. The standard InChI is InChI=1S/C14H20N2O2/c1-10(12-3-2-4-13(17)9-12)16-14(18)11-5-7-15-8-6-11/h2-4,9-11,15,17H,5-8H2,1H3,(H,16,18). The van der Waals surface area contributed by atoms with Crippen LogP contribution in [0, 0.1) is 5.92 Å². The molecule has 4 nitrogen and oxygen atoms in total. The zero-order chi connectivity index (χ0) is 13.0. The van der Waals surface area contributed by atoms with E-state index in [4.69, 9.17) is 0 Å². The number of hydrogen-bond donors (Lipinski definition) is 3. The minimum absolute atomic E-state index is 0.0699. The minimum atomic E-state index is -0.0699. The maximum atomic E-state index is 12.1. The number of aromatic hydroxyl groups is 1. The molecule has 0 bridgehead atoms. The van der Waals surface area contributed by atoms with Crippen molar-refractivity contribution in [2.24, 2.45) is 5.92 Å². The van der Waals surface area contributed by atoms with Gasteiger partial charge < -0.3 is 15.7 Å². The fraction of sp³-hybridized carbons (Fsp3) is 0.500. The second-order valence-electron chi connectivity index (χ2n) is 4.85. The van der Waals surface area contributed by atoms with Gasteiger partial charge in [0.1, 0.15) is 5.75 Å². The van der Waals surface area contributed by atoms with Crippen molar-refractivity contribution in [1.29, 1.82) is 0 Å². The van der Waals surface area contributed by atoms with Gasteiger partial charge in [-0.05, 0) is 50.6 Å². The molecule has 0 aromatic heterocycles. The third-order valence-electron chi connectivity index (χ3n) is 3.44. The number of rotatable bonds is 3. The predicted octanol–water partition coefficient (Wildman–Crippen LogP) is 1.57. The van der Waals surface area contributed by atoms with Crippen LogP contribution in [0.3, 0.4) is 0 Å². The SMILES string of the molecule is CC(NC(=O)C1CCNCC1)c1cccc(O)c1. The van der Waals surface area contributed by atoms with Crippen molar-refractivity contribution in [2.75, 3.05) is 13.1 Å². The lowest BCUT2D eigenvalue weighted by atomic mass is 9.96. The summed E-state index contributed by atoms with van der Waals surface area (Å²) in [4.78, 5) is 12.1. The molecule has 1 aromatic rings. The number of carbonyl (C=O) groups is 1. The fourth-order valence-corrected chi connectivity index (χ4v) is 2.29. The van der Waals surface area contributed by atoms with Crippen LogP contribution in [-0.4, -0.2) is 24.1 Å². The third-order valence-corrected chi connectivity index (χ3v) is 3.44. The highest BCUT2D eigenvalue weighted by Gasteiger charge is 2.22. The maximum Gasteiger partial charge on any atom is 0.223 e. The normalized spacial score (nSPS) is 18.3. The van der Waals surface area contributed by atoms with Crippen LogP contribution >= 0.6 is 0 Å². The van der Waals surface area contributed by atoms with Crippen molar-refractivity contribution in [3.05, 3.63) is 29.8 Å². The average Bonchev–Trinajstić information content (AvgIpc) is 2.39. The van der Waals surface area contributed by atoms with Crippen LogP contribution in [-0.2, 0) is 4.79 Å². The highest BCUT2D eigenvalue weighted by Crippen LogP contribution is 2.19. The summed E-state index contributed by atoms with van der Waals surface area (Å²) < 4.78 is 0. The first-order valence-electron chi connectivity index (χ1n) is 6.47. The van der Waals surface area contributed by atoms with Crippen molar-refractivity contribution < 1.29 is 9.90 Å². The van der Waals surface area contributed by atoms with Gasteiger partial charge >= 0.3 is 0 Å². The molecule has 0 radical (unpaired) electrons. The summed E-state index contributed by atoms with van der Waals surface area (Å²) in [6.45, 7) is 3.77. The van der Waals surface area contributed by atoms with Crippen molar-refractivity contribution in [3.63, 3.8) is 0 Å². The minimum Gasteiger partial charge on any atom is -0.508 e. The monoisotopic (exact) mass is 248 g/mol. The predicted molar refractivity (Wildman–Crippen MR) is 70.3 cm³/mol. The molecule has 0 saturated carbocycles. The van der Waals surface area contributed by atoms with Gasteiger partial charge in [-0.1, -0.05) is 12.1 Å². The van der Waals surface area contributed by atoms with E-state index < -0.39 is 0 Å². The van der Waals surface area contributed by atoms with Crippen molar-refractivity contribution in [3.8, 4) is 5.75 Å². The zero-order valence-electron chi connectivity index (χ0n) is 10.6. The second kappa shape index (κ2) is 5.87. The Kier molecular flexibility index (Phi) is 4.20. The van der Waals surface area contributed by atoms with Crippen molar-refractivity contribution >= 4 is 5.91 Å². The van der Waals surface area contributed by atoms with Gasteiger partial charge in [-0.3, -0.25) is 4.79 Å². The fourth-order valence-electron chi connectivity index (χ4n) is 2.29. The van der Waals surface area contributed by atoms with E-state index in [1.807, 2.05) is 13.0 Å². The number of phenols is 1. The first kappa shape index (κ1) is 12.9. The van der Waals surface area contributed by atoms with Crippen LogP contribution in [0.4, 0.5) is 0 Å². The van der Waals surface area contributed by atoms with E-state index in [0.29, 0.717) is 0 Å². The van der Waals surface area contributed by atoms with E-state index >= 15 is 0 Å². The number of nitrogens with one attached hydrogen (secondary N) is 2. The number of hydrogen-bond acceptors (Lipinski definition) is 3. The Labute approximate surface area is 107 Å². The molecule has 1 atom stereocenters. The molecule has 1 saturated heterocycles. The third kappa shape index (κ3) is 3.23. The molecule has 1 amide bonds. The molecule has 2 rings (SSSR count). The Hall–Kier alpha value is -1.55. The molecule has 1 heterocycles. The summed E-state index contributed by atoms with van der Waals surface area (Å²) in [5.74, 6) is 0.466. The summed E-state index contributed by atoms with van der Waals surface area (Å²) in [6, 6.07) is 6.95. The largest absolute Gasteiger partial charge is 0.508 e. The van der Waals surface area contributed by atoms with Gasteiger partial charge in [-0.25, -0.2) is 0 Å². The number of amides is 1. The molecule has 18 heavy (non-hydrogen) atoms. The van der Waals surface area contributed by atoms with Crippen molar-refractivity contribution in [2.45, 2.75) is 25.8 Å². The Morgan fingerprint density at radius 1 is 1.44 bits per heavy atom. The van der Waals surface area contributed by atoms with E-state index in [-0.39, 0.29) is 23.6 Å². The highest BCUT2D eigenvalue weighted by molar-refractivity contribution is 5.79. The van der Waals surface area contributed by atoms with E-state index in [0.717, 1.165) is 31.5 Å². The Bertz CT molecular complexity index is 414. The molecular weight excluding hydrogens is 228 g/mol. The smallest absolute Gasteiger partial charge is 0.223 e. The molecule has 0 spiro atoms. The molecular formula is C14H20N2O2. The van der Waals surface area contributed by atoms with E-state index in [9.17, 15) is 9.90 Å². The van der Waals surface area contributed by atoms with Gasteiger partial charge in [-0.2, -0.15) is 0 Å². The molecule has 3 N–H and O–H groups in total. The van der Waals surface area contributed by atoms with Crippen LogP contribution in [0.5, 0.6) is 5.75 Å². The Balaban J connectivity index is 1.94. The summed E-state index contributed by atoms with van der Waals surface area (Å²) in [7, 11) is 0. The van der Waals surface area contributed by atoms with Gasteiger partial charge in [0, 0.05) is 5.92 Å².